The monoisotopic (exact) mass is 422 g/mol. The summed E-state index contributed by atoms with van der Waals surface area (Å²) >= 11 is 5.98. The van der Waals surface area contributed by atoms with E-state index < -0.39 is 17.7 Å². The summed E-state index contributed by atoms with van der Waals surface area (Å²) < 4.78 is 34.1. The Hall–Kier alpha value is -3.11. The highest BCUT2D eigenvalue weighted by Gasteiger charge is 2.20. The van der Waals surface area contributed by atoms with E-state index in [9.17, 15) is 13.6 Å². The average molecular weight is 423 g/mol. The third-order valence-corrected chi connectivity index (χ3v) is 4.26. The van der Waals surface area contributed by atoms with Gasteiger partial charge in [-0.3, -0.25) is 9.99 Å². The molecule has 0 aliphatic heterocycles. The predicted octanol–water partition coefficient (Wildman–Crippen LogP) is 3.44. The number of hydrazine groups is 1. The molecule has 3 aromatic rings. The van der Waals surface area contributed by atoms with Gasteiger partial charge in [-0.2, -0.15) is 4.98 Å². The maximum Gasteiger partial charge on any atom is 0.331 e. The maximum absolute atomic E-state index is 14.6. The van der Waals surface area contributed by atoms with Crippen molar-refractivity contribution >= 4 is 17.6 Å². The molecule has 8 nitrogen and oxygen atoms in total. The highest BCUT2D eigenvalue weighted by atomic mass is 35.5. The number of nitrogens with zero attached hydrogens (tertiary/aromatic N) is 4. The second-order valence-corrected chi connectivity index (χ2v) is 6.48. The van der Waals surface area contributed by atoms with Crippen molar-refractivity contribution in [3.8, 4) is 22.5 Å². The van der Waals surface area contributed by atoms with E-state index in [1.54, 1.807) is 13.8 Å². The van der Waals surface area contributed by atoms with Crippen LogP contribution in [0.15, 0.2) is 28.9 Å². The lowest BCUT2D eigenvalue weighted by Crippen LogP contribution is -2.44. The molecule has 152 valence electrons. The highest BCUT2D eigenvalue weighted by Crippen LogP contribution is 2.35. The molecular formula is C18H17ClF2N6O2. The zero-order valence-electron chi connectivity index (χ0n) is 15.5. The molecule has 0 bridgehead atoms. The molecule has 2 heterocycles. The summed E-state index contributed by atoms with van der Waals surface area (Å²) in [5, 5.41) is 7.24. The second-order valence-electron chi connectivity index (χ2n) is 6.04. The number of nitrogens with one attached hydrogen (secondary N) is 1. The van der Waals surface area contributed by atoms with Crippen LogP contribution >= 0.6 is 11.6 Å². The van der Waals surface area contributed by atoms with Crippen LogP contribution in [0.4, 0.5) is 13.6 Å². The summed E-state index contributed by atoms with van der Waals surface area (Å²) in [7, 11) is 0. The number of pyridine rings is 1. The van der Waals surface area contributed by atoms with Gasteiger partial charge in [0.1, 0.15) is 11.6 Å². The number of urea groups is 1. The summed E-state index contributed by atoms with van der Waals surface area (Å²) in [5.74, 6) is 4.33. The number of aromatic nitrogens is 3. The molecule has 11 heteroatoms. The van der Waals surface area contributed by atoms with Gasteiger partial charge in [-0.05, 0) is 30.7 Å². The molecule has 2 amide bonds. The fourth-order valence-electron chi connectivity index (χ4n) is 2.58. The van der Waals surface area contributed by atoms with Gasteiger partial charge >= 0.3 is 6.03 Å². The SMILES string of the molecule is CCN(N)C(=O)NCc1ncc(-c2cc(Cl)cc(F)c2-c2noc(C)n2)cc1F. The lowest BCUT2D eigenvalue weighted by atomic mass is 9.99. The number of nitrogens with two attached hydrogens (primary N) is 1. The van der Waals surface area contributed by atoms with Gasteiger partial charge in [0.25, 0.3) is 0 Å². The van der Waals surface area contributed by atoms with Crippen molar-refractivity contribution in [3.05, 3.63) is 52.6 Å². The largest absolute Gasteiger partial charge is 0.339 e. The lowest BCUT2D eigenvalue weighted by Gasteiger charge is -2.15. The van der Waals surface area contributed by atoms with Crippen LogP contribution in [0.5, 0.6) is 0 Å². The van der Waals surface area contributed by atoms with Crippen LogP contribution in [0.1, 0.15) is 18.5 Å². The normalized spacial score (nSPS) is 10.8. The number of benzene rings is 1. The van der Waals surface area contributed by atoms with Crippen molar-refractivity contribution in [2.75, 3.05) is 6.54 Å². The van der Waals surface area contributed by atoms with E-state index >= 15 is 0 Å². The predicted molar refractivity (Wildman–Crippen MR) is 101 cm³/mol. The second kappa shape index (κ2) is 8.50. The van der Waals surface area contributed by atoms with Crippen molar-refractivity contribution in [2.24, 2.45) is 5.84 Å². The Morgan fingerprint density at radius 2 is 2.07 bits per heavy atom. The molecule has 0 radical (unpaired) electrons. The van der Waals surface area contributed by atoms with Gasteiger partial charge in [0, 0.05) is 30.3 Å². The molecular weight excluding hydrogens is 406 g/mol. The molecule has 29 heavy (non-hydrogen) atoms. The van der Waals surface area contributed by atoms with Gasteiger partial charge in [0.2, 0.25) is 11.7 Å². The summed E-state index contributed by atoms with van der Waals surface area (Å²) in [4.78, 5) is 19.8. The van der Waals surface area contributed by atoms with Crippen LogP contribution in [-0.2, 0) is 6.54 Å². The quantitative estimate of drug-likeness (QED) is 0.370. The first-order valence-corrected chi connectivity index (χ1v) is 8.92. The third kappa shape index (κ3) is 4.49. The molecule has 0 fully saturated rings. The molecule has 3 N–H and O–H groups in total. The first kappa shape index (κ1) is 20.6. The number of aryl methyl sites for hydroxylation is 1. The van der Waals surface area contributed by atoms with E-state index in [1.807, 2.05) is 0 Å². The fraction of sp³-hybridized carbons (Fsp3) is 0.222. The van der Waals surface area contributed by atoms with Crippen LogP contribution in [0, 0.1) is 18.6 Å². The molecule has 0 unspecified atom stereocenters. The number of rotatable bonds is 5. The Kier molecular flexibility index (Phi) is 6.04. The molecule has 2 aromatic heterocycles. The van der Waals surface area contributed by atoms with Gasteiger partial charge < -0.3 is 9.84 Å². The minimum absolute atomic E-state index is 0.00557. The van der Waals surface area contributed by atoms with Gasteiger partial charge in [-0.15, -0.1) is 0 Å². The molecule has 0 saturated carbocycles. The molecule has 0 atom stereocenters. The zero-order chi connectivity index (χ0) is 21.1. The van der Waals surface area contributed by atoms with Gasteiger partial charge in [-0.1, -0.05) is 16.8 Å². The average Bonchev–Trinajstić information content (AvgIpc) is 3.11. The maximum atomic E-state index is 14.6. The number of amides is 2. The zero-order valence-corrected chi connectivity index (χ0v) is 16.3. The Bertz CT molecular complexity index is 1060. The Morgan fingerprint density at radius 1 is 1.31 bits per heavy atom. The molecule has 0 saturated heterocycles. The Balaban J connectivity index is 1.95. The van der Waals surface area contributed by atoms with Crippen LogP contribution < -0.4 is 11.2 Å². The molecule has 0 spiro atoms. The van der Waals surface area contributed by atoms with Crippen molar-refractivity contribution in [1.82, 2.24) is 25.5 Å². The third-order valence-electron chi connectivity index (χ3n) is 4.04. The van der Waals surface area contributed by atoms with Crippen molar-refractivity contribution < 1.29 is 18.1 Å². The van der Waals surface area contributed by atoms with Gasteiger partial charge in [0.15, 0.2) is 0 Å². The smallest absolute Gasteiger partial charge is 0.331 e. The van der Waals surface area contributed by atoms with E-state index in [4.69, 9.17) is 22.0 Å². The topological polar surface area (TPSA) is 110 Å². The summed E-state index contributed by atoms with van der Waals surface area (Å²) in [6, 6.07) is 3.16. The van der Waals surface area contributed by atoms with E-state index in [1.165, 1.54) is 12.3 Å². The van der Waals surface area contributed by atoms with Crippen molar-refractivity contribution in [2.45, 2.75) is 20.4 Å². The molecule has 3 rings (SSSR count). The van der Waals surface area contributed by atoms with Crippen LogP contribution in [0.3, 0.4) is 0 Å². The standard InChI is InChI=1S/C18H17ClF2N6O2/c1-3-27(22)18(28)24-8-15-13(20)4-10(7-23-15)12-5-11(19)6-14(21)16(12)17-25-9(2)29-26-17/h4-7H,3,8,22H2,1-2H3,(H,24,28). The van der Waals surface area contributed by atoms with E-state index in [0.717, 1.165) is 17.1 Å². The van der Waals surface area contributed by atoms with Crippen molar-refractivity contribution in [3.63, 3.8) is 0 Å². The number of hydrogen-bond acceptors (Lipinski definition) is 6. The first-order valence-electron chi connectivity index (χ1n) is 8.54. The molecule has 0 aliphatic carbocycles. The van der Waals surface area contributed by atoms with Gasteiger partial charge in [0.05, 0.1) is 17.8 Å². The summed E-state index contributed by atoms with van der Waals surface area (Å²) in [5.41, 5.74) is 0.503. The van der Waals surface area contributed by atoms with Crippen molar-refractivity contribution in [1.29, 1.82) is 0 Å². The lowest BCUT2D eigenvalue weighted by molar-refractivity contribution is 0.201. The van der Waals surface area contributed by atoms with Crippen LogP contribution in [-0.4, -0.2) is 32.7 Å². The number of carbonyl (C=O) groups is 1. The van der Waals surface area contributed by atoms with Crippen LogP contribution in [0.25, 0.3) is 22.5 Å². The first-order chi connectivity index (χ1) is 13.8. The molecule has 1 aromatic carbocycles. The summed E-state index contributed by atoms with van der Waals surface area (Å²) in [6.07, 6.45) is 1.34. The summed E-state index contributed by atoms with van der Waals surface area (Å²) in [6.45, 7) is 3.38. The highest BCUT2D eigenvalue weighted by molar-refractivity contribution is 6.31. The minimum atomic E-state index is -0.696. The number of halogens is 3. The van der Waals surface area contributed by atoms with Gasteiger partial charge in [-0.25, -0.2) is 19.4 Å². The van der Waals surface area contributed by atoms with E-state index in [-0.39, 0.29) is 45.7 Å². The fourth-order valence-corrected chi connectivity index (χ4v) is 2.78. The van der Waals surface area contributed by atoms with E-state index in [0.29, 0.717) is 6.54 Å². The van der Waals surface area contributed by atoms with Crippen LogP contribution in [0.2, 0.25) is 5.02 Å². The van der Waals surface area contributed by atoms with E-state index in [2.05, 4.69) is 20.4 Å². The number of carbonyl (C=O) groups excluding carboxylic acids is 1. The number of hydrogen-bond donors (Lipinski definition) is 2. The molecule has 0 aliphatic rings. The Morgan fingerprint density at radius 3 is 2.69 bits per heavy atom. The Labute approximate surface area is 169 Å². The minimum Gasteiger partial charge on any atom is -0.339 e.